The van der Waals surface area contributed by atoms with Crippen molar-refractivity contribution >= 4 is 40.6 Å². The number of aliphatic hydroxyl groups excluding tert-OH is 1. The summed E-state index contributed by atoms with van der Waals surface area (Å²) in [6.45, 7) is 1.43. The van der Waals surface area contributed by atoms with Gasteiger partial charge in [-0.1, -0.05) is 48.5 Å². The number of benzene rings is 1. The minimum atomic E-state index is -4.54. The number of anilines is 2. The Kier molecular flexibility index (Phi) is 8.84. The molecule has 1 saturated heterocycles. The van der Waals surface area contributed by atoms with Crippen LogP contribution >= 0.6 is 23.2 Å². The van der Waals surface area contributed by atoms with Crippen molar-refractivity contribution in [3.05, 3.63) is 52.1 Å². The van der Waals surface area contributed by atoms with E-state index in [1.54, 1.807) is 30.3 Å². The van der Waals surface area contributed by atoms with Gasteiger partial charge in [0, 0.05) is 29.9 Å². The molecule has 33 heavy (non-hydrogen) atoms. The van der Waals surface area contributed by atoms with Gasteiger partial charge in [0.2, 0.25) is 0 Å². The standard InChI is InChI=1S/C23H26Cl2F3N3O2/c24-17-6-3-5-16(12-17)22(33)30-19-13-18(25)14-29-21(19)31-10-8-15(9-11-31)4-1-2-7-20(32)23(26,27)28/h3,5-6,12-15,20,32H,1-2,4,7-11H2,(H,30,33). The van der Waals surface area contributed by atoms with E-state index in [-0.39, 0.29) is 12.3 Å². The number of hydrogen-bond donors (Lipinski definition) is 2. The van der Waals surface area contributed by atoms with Crippen molar-refractivity contribution in [1.82, 2.24) is 4.98 Å². The van der Waals surface area contributed by atoms with Gasteiger partial charge in [-0.2, -0.15) is 13.2 Å². The van der Waals surface area contributed by atoms with Crippen LogP contribution < -0.4 is 10.2 Å². The highest BCUT2D eigenvalue weighted by Gasteiger charge is 2.37. The lowest BCUT2D eigenvalue weighted by molar-refractivity contribution is -0.205. The zero-order chi connectivity index (χ0) is 24.0. The third-order valence-electron chi connectivity index (χ3n) is 5.80. The first-order valence-electron chi connectivity index (χ1n) is 10.9. The molecule has 2 N–H and O–H groups in total. The largest absolute Gasteiger partial charge is 0.414 e. The maximum atomic E-state index is 12.7. The molecule has 0 spiro atoms. The molecule has 0 saturated carbocycles. The van der Waals surface area contributed by atoms with Gasteiger partial charge >= 0.3 is 6.18 Å². The van der Waals surface area contributed by atoms with Crippen LogP contribution in [0.25, 0.3) is 0 Å². The molecule has 2 heterocycles. The lowest BCUT2D eigenvalue weighted by Gasteiger charge is -2.34. The van der Waals surface area contributed by atoms with Crippen molar-refractivity contribution in [2.45, 2.75) is 50.8 Å². The number of unbranched alkanes of at least 4 members (excludes halogenated alkanes) is 1. The van der Waals surface area contributed by atoms with Crippen molar-refractivity contribution in [1.29, 1.82) is 0 Å². The average molecular weight is 504 g/mol. The molecule has 1 fully saturated rings. The van der Waals surface area contributed by atoms with Gasteiger partial charge in [-0.05, 0) is 49.4 Å². The zero-order valence-corrected chi connectivity index (χ0v) is 19.4. The van der Waals surface area contributed by atoms with Crippen molar-refractivity contribution in [3.8, 4) is 0 Å². The minimum Gasteiger partial charge on any atom is -0.384 e. The predicted octanol–water partition coefficient (Wildman–Crippen LogP) is 6.34. The van der Waals surface area contributed by atoms with Crippen LogP contribution in [-0.2, 0) is 0 Å². The topological polar surface area (TPSA) is 65.5 Å². The number of amides is 1. The Morgan fingerprint density at radius 3 is 2.58 bits per heavy atom. The summed E-state index contributed by atoms with van der Waals surface area (Å²) in [5.74, 6) is 0.710. The van der Waals surface area contributed by atoms with Crippen LogP contribution in [0.15, 0.2) is 36.5 Å². The first kappa shape index (κ1) is 25.6. The Balaban J connectivity index is 1.54. The second-order valence-corrected chi connectivity index (χ2v) is 9.13. The summed E-state index contributed by atoms with van der Waals surface area (Å²) in [5.41, 5.74) is 0.926. The first-order valence-corrected chi connectivity index (χ1v) is 11.6. The van der Waals surface area contributed by atoms with Gasteiger partial charge < -0.3 is 15.3 Å². The maximum absolute atomic E-state index is 12.7. The summed E-state index contributed by atoms with van der Waals surface area (Å²) in [6, 6.07) is 8.28. The highest BCUT2D eigenvalue weighted by molar-refractivity contribution is 6.31. The molecular formula is C23H26Cl2F3N3O2. The Bertz CT molecular complexity index is 951. The van der Waals surface area contributed by atoms with Crippen molar-refractivity contribution in [2.75, 3.05) is 23.3 Å². The lowest BCUT2D eigenvalue weighted by Crippen LogP contribution is -2.35. The number of halogens is 5. The molecule has 0 radical (unpaired) electrons. The fourth-order valence-corrected chi connectivity index (χ4v) is 4.32. The minimum absolute atomic E-state index is 0.257. The number of nitrogens with one attached hydrogen (secondary N) is 1. The van der Waals surface area contributed by atoms with Gasteiger partial charge in [0.25, 0.3) is 5.91 Å². The molecule has 0 bridgehead atoms. The second kappa shape index (κ2) is 11.4. The van der Waals surface area contributed by atoms with Crippen LogP contribution in [0.5, 0.6) is 0 Å². The van der Waals surface area contributed by atoms with Crippen LogP contribution in [0.1, 0.15) is 48.9 Å². The fourth-order valence-electron chi connectivity index (χ4n) is 3.97. The first-order chi connectivity index (χ1) is 15.6. The van der Waals surface area contributed by atoms with Gasteiger partial charge in [0.1, 0.15) is 6.10 Å². The van der Waals surface area contributed by atoms with Crippen molar-refractivity contribution in [2.24, 2.45) is 5.92 Å². The van der Waals surface area contributed by atoms with Crippen LogP contribution in [0, 0.1) is 5.92 Å². The molecule has 5 nitrogen and oxygen atoms in total. The quantitative estimate of drug-likeness (QED) is 0.412. The number of carbonyl (C=O) groups is 1. The number of aliphatic hydroxyl groups is 1. The molecule has 1 aromatic heterocycles. The van der Waals surface area contributed by atoms with E-state index in [1.165, 1.54) is 6.20 Å². The monoisotopic (exact) mass is 503 g/mol. The predicted molar refractivity (Wildman–Crippen MR) is 124 cm³/mol. The molecule has 0 aliphatic carbocycles. The van der Waals surface area contributed by atoms with E-state index >= 15 is 0 Å². The van der Waals surface area contributed by atoms with E-state index < -0.39 is 12.3 Å². The Morgan fingerprint density at radius 2 is 1.91 bits per heavy atom. The van der Waals surface area contributed by atoms with Crippen LogP contribution in [0.4, 0.5) is 24.7 Å². The highest BCUT2D eigenvalue weighted by Crippen LogP contribution is 2.32. The van der Waals surface area contributed by atoms with Gasteiger partial charge in [-0.3, -0.25) is 4.79 Å². The lowest BCUT2D eigenvalue weighted by atomic mass is 9.91. The normalized spacial score (nSPS) is 16.0. The number of rotatable bonds is 8. The molecule has 1 atom stereocenters. The SMILES string of the molecule is O=C(Nc1cc(Cl)cnc1N1CCC(CCCCC(O)C(F)(F)F)CC1)c1cccc(Cl)c1. The molecule has 2 aromatic rings. The van der Waals surface area contributed by atoms with E-state index in [0.29, 0.717) is 59.0 Å². The fraction of sp³-hybridized carbons (Fsp3) is 0.478. The van der Waals surface area contributed by atoms with Gasteiger partial charge in [0.05, 0.1) is 10.7 Å². The van der Waals surface area contributed by atoms with Crippen LogP contribution in [-0.4, -0.2) is 41.4 Å². The smallest absolute Gasteiger partial charge is 0.384 e. The van der Waals surface area contributed by atoms with Gasteiger partial charge in [0.15, 0.2) is 5.82 Å². The molecular weight excluding hydrogens is 478 g/mol. The molecule has 1 unspecified atom stereocenters. The number of carbonyl (C=O) groups excluding carboxylic acids is 1. The number of piperidine rings is 1. The maximum Gasteiger partial charge on any atom is 0.414 e. The summed E-state index contributed by atoms with van der Waals surface area (Å²) in [7, 11) is 0. The number of alkyl halides is 3. The molecule has 1 amide bonds. The van der Waals surface area contributed by atoms with Crippen molar-refractivity contribution in [3.63, 3.8) is 0 Å². The Morgan fingerprint density at radius 1 is 1.18 bits per heavy atom. The van der Waals surface area contributed by atoms with Crippen molar-refractivity contribution < 1.29 is 23.1 Å². The number of nitrogens with zero attached hydrogens (tertiary/aromatic N) is 2. The molecule has 10 heteroatoms. The highest BCUT2D eigenvalue weighted by atomic mass is 35.5. The zero-order valence-electron chi connectivity index (χ0n) is 17.9. The average Bonchev–Trinajstić information content (AvgIpc) is 2.76. The second-order valence-electron chi connectivity index (χ2n) is 8.26. The van der Waals surface area contributed by atoms with E-state index in [9.17, 15) is 18.0 Å². The molecule has 3 rings (SSSR count). The van der Waals surface area contributed by atoms with E-state index in [4.69, 9.17) is 28.3 Å². The van der Waals surface area contributed by atoms with E-state index in [1.807, 2.05) is 0 Å². The Hall–Kier alpha value is -2.03. The summed E-state index contributed by atoms with van der Waals surface area (Å²) in [6.07, 6.45) is -1.95. The molecule has 180 valence electrons. The van der Waals surface area contributed by atoms with Gasteiger partial charge in [-0.15, -0.1) is 0 Å². The third-order valence-corrected chi connectivity index (χ3v) is 6.24. The summed E-state index contributed by atoms with van der Waals surface area (Å²) < 4.78 is 37.2. The van der Waals surface area contributed by atoms with Crippen LogP contribution in [0.3, 0.4) is 0 Å². The summed E-state index contributed by atoms with van der Waals surface area (Å²) in [5, 5.41) is 12.8. The van der Waals surface area contributed by atoms with E-state index in [0.717, 1.165) is 19.3 Å². The summed E-state index contributed by atoms with van der Waals surface area (Å²) in [4.78, 5) is 19.2. The summed E-state index contributed by atoms with van der Waals surface area (Å²) >= 11 is 12.1. The number of hydrogen-bond acceptors (Lipinski definition) is 4. The number of pyridine rings is 1. The molecule has 1 aliphatic heterocycles. The van der Waals surface area contributed by atoms with Gasteiger partial charge in [-0.25, -0.2) is 4.98 Å². The number of aromatic nitrogens is 1. The van der Waals surface area contributed by atoms with E-state index in [2.05, 4.69) is 15.2 Å². The molecule has 1 aromatic carbocycles. The van der Waals surface area contributed by atoms with Crippen LogP contribution in [0.2, 0.25) is 10.0 Å². The molecule has 1 aliphatic rings. The Labute approximate surface area is 200 Å². The third kappa shape index (κ3) is 7.48.